The highest BCUT2D eigenvalue weighted by Gasteiger charge is 2.17. The number of nitrogens with zero attached hydrogens (tertiary/aromatic N) is 2. The molecule has 1 atom stereocenters. The Morgan fingerprint density at radius 2 is 2.24 bits per heavy atom. The van der Waals surface area contributed by atoms with E-state index in [-0.39, 0.29) is 5.91 Å². The fourth-order valence-electron chi connectivity index (χ4n) is 3.01. The van der Waals surface area contributed by atoms with Crippen LogP contribution in [0.2, 0.25) is 0 Å². The number of benzene rings is 1. The van der Waals surface area contributed by atoms with Gasteiger partial charge in [-0.05, 0) is 49.6 Å². The summed E-state index contributed by atoms with van der Waals surface area (Å²) < 4.78 is 1.87. The minimum Gasteiger partial charge on any atom is -0.366 e. The monoisotopic (exact) mass is 341 g/mol. The molecule has 25 heavy (non-hydrogen) atoms. The highest BCUT2D eigenvalue weighted by atomic mass is 16.2. The number of hydrogen-bond acceptors (Lipinski definition) is 4. The molecule has 132 valence electrons. The molecule has 7 heteroatoms. The zero-order chi connectivity index (χ0) is 17.6. The van der Waals surface area contributed by atoms with Crippen LogP contribution in [-0.2, 0) is 6.42 Å². The fraction of sp³-hybridized carbons (Fsp3) is 0.389. The summed E-state index contributed by atoms with van der Waals surface area (Å²) in [5, 5.41) is 10.6. The first-order valence-electron chi connectivity index (χ1n) is 8.56. The molecule has 2 amide bonds. The lowest BCUT2D eigenvalue weighted by atomic mass is 10.1. The highest BCUT2D eigenvalue weighted by Crippen LogP contribution is 2.15. The van der Waals surface area contributed by atoms with E-state index in [0.29, 0.717) is 30.3 Å². The van der Waals surface area contributed by atoms with Crippen LogP contribution in [0.5, 0.6) is 0 Å². The molecule has 1 aromatic heterocycles. The molecular weight excluding hydrogens is 318 g/mol. The van der Waals surface area contributed by atoms with Crippen molar-refractivity contribution >= 4 is 11.8 Å². The molecule has 0 saturated carbocycles. The average Bonchev–Trinajstić information content (AvgIpc) is 3.13. The number of aromatic nitrogens is 2. The maximum absolute atomic E-state index is 12.2. The van der Waals surface area contributed by atoms with Gasteiger partial charge in [0.05, 0.1) is 6.04 Å². The summed E-state index contributed by atoms with van der Waals surface area (Å²) in [5.74, 6) is -0.637. The number of amides is 2. The summed E-state index contributed by atoms with van der Waals surface area (Å²) >= 11 is 0. The quantitative estimate of drug-likeness (QED) is 0.726. The molecule has 1 fully saturated rings. The third-order valence-electron chi connectivity index (χ3n) is 4.40. The van der Waals surface area contributed by atoms with E-state index in [9.17, 15) is 9.59 Å². The van der Waals surface area contributed by atoms with Gasteiger partial charge in [0.1, 0.15) is 5.69 Å². The van der Waals surface area contributed by atoms with Gasteiger partial charge in [-0.25, -0.2) is 0 Å². The van der Waals surface area contributed by atoms with Gasteiger partial charge in [-0.15, -0.1) is 0 Å². The molecule has 3 rings (SSSR count). The van der Waals surface area contributed by atoms with E-state index in [2.05, 4.69) is 15.7 Å². The summed E-state index contributed by atoms with van der Waals surface area (Å²) in [6.07, 6.45) is 4.69. The van der Waals surface area contributed by atoms with Crippen LogP contribution in [0.25, 0.3) is 0 Å². The smallest absolute Gasteiger partial charge is 0.271 e. The Labute approximate surface area is 146 Å². The molecule has 1 unspecified atom stereocenters. The molecule has 7 nitrogen and oxygen atoms in total. The van der Waals surface area contributed by atoms with Gasteiger partial charge in [-0.2, -0.15) is 5.10 Å². The number of primary amides is 1. The predicted octanol–water partition coefficient (Wildman–Crippen LogP) is 0.879. The standard InChI is InChI=1S/C18H23N5O2/c19-17(24)14-4-1-3-13(11-14)6-9-21-18(25)16-7-10-23(22-16)15-5-2-8-20-12-15/h1,3-4,7,10-11,15,20H,2,5-6,8-9,12H2,(H2,19,24)(H,21,25). The molecule has 1 saturated heterocycles. The van der Waals surface area contributed by atoms with Crippen molar-refractivity contribution in [1.29, 1.82) is 0 Å². The van der Waals surface area contributed by atoms with E-state index >= 15 is 0 Å². The lowest BCUT2D eigenvalue weighted by Crippen LogP contribution is -2.32. The Balaban J connectivity index is 1.52. The van der Waals surface area contributed by atoms with Crippen molar-refractivity contribution < 1.29 is 9.59 Å². The Bertz CT molecular complexity index is 749. The normalized spacial score (nSPS) is 17.2. The minimum atomic E-state index is -0.450. The van der Waals surface area contributed by atoms with E-state index in [1.54, 1.807) is 24.3 Å². The second kappa shape index (κ2) is 7.94. The van der Waals surface area contributed by atoms with Gasteiger partial charge >= 0.3 is 0 Å². The van der Waals surface area contributed by atoms with Crippen molar-refractivity contribution in [3.8, 4) is 0 Å². The van der Waals surface area contributed by atoms with Gasteiger partial charge < -0.3 is 16.4 Å². The highest BCUT2D eigenvalue weighted by molar-refractivity contribution is 5.93. The molecule has 1 aliphatic rings. The number of carbonyl (C=O) groups excluding carboxylic acids is 2. The van der Waals surface area contributed by atoms with Gasteiger partial charge in [0.15, 0.2) is 0 Å². The lowest BCUT2D eigenvalue weighted by molar-refractivity contribution is 0.0946. The van der Waals surface area contributed by atoms with Gasteiger partial charge in [-0.1, -0.05) is 12.1 Å². The Kier molecular flexibility index (Phi) is 5.45. The van der Waals surface area contributed by atoms with Crippen molar-refractivity contribution in [3.63, 3.8) is 0 Å². The van der Waals surface area contributed by atoms with Crippen LogP contribution >= 0.6 is 0 Å². The molecule has 1 aliphatic heterocycles. The largest absolute Gasteiger partial charge is 0.366 e. The number of carbonyl (C=O) groups is 2. The van der Waals surface area contributed by atoms with Crippen LogP contribution in [0.1, 0.15) is 45.3 Å². The van der Waals surface area contributed by atoms with Gasteiger partial charge in [-0.3, -0.25) is 14.3 Å². The molecule has 1 aromatic carbocycles. The summed E-state index contributed by atoms with van der Waals surface area (Å²) in [7, 11) is 0. The summed E-state index contributed by atoms with van der Waals surface area (Å²) in [6, 6.07) is 9.18. The minimum absolute atomic E-state index is 0.187. The first-order chi connectivity index (χ1) is 12.1. The van der Waals surface area contributed by atoms with E-state index in [0.717, 1.165) is 31.5 Å². The molecule has 2 heterocycles. The van der Waals surface area contributed by atoms with Crippen molar-refractivity contribution in [3.05, 3.63) is 53.3 Å². The molecule has 2 aromatic rings. The third kappa shape index (κ3) is 4.45. The Hall–Kier alpha value is -2.67. The van der Waals surface area contributed by atoms with Crippen molar-refractivity contribution in [2.45, 2.75) is 25.3 Å². The summed E-state index contributed by atoms with van der Waals surface area (Å²) in [5.41, 5.74) is 7.13. The molecule has 4 N–H and O–H groups in total. The number of nitrogens with one attached hydrogen (secondary N) is 2. The van der Waals surface area contributed by atoms with E-state index in [4.69, 9.17) is 5.73 Å². The predicted molar refractivity (Wildman–Crippen MR) is 94.4 cm³/mol. The number of piperidine rings is 1. The van der Waals surface area contributed by atoms with Crippen LogP contribution in [0.4, 0.5) is 0 Å². The molecule has 0 spiro atoms. The van der Waals surface area contributed by atoms with E-state index in [1.807, 2.05) is 16.9 Å². The molecular formula is C18H23N5O2. The lowest BCUT2D eigenvalue weighted by Gasteiger charge is -2.22. The van der Waals surface area contributed by atoms with Crippen molar-refractivity contribution in [2.75, 3.05) is 19.6 Å². The third-order valence-corrected chi connectivity index (χ3v) is 4.40. The van der Waals surface area contributed by atoms with E-state index < -0.39 is 5.91 Å². The first kappa shape index (κ1) is 17.2. The maximum Gasteiger partial charge on any atom is 0.271 e. The van der Waals surface area contributed by atoms with Crippen LogP contribution < -0.4 is 16.4 Å². The van der Waals surface area contributed by atoms with Gasteiger partial charge in [0.25, 0.3) is 5.91 Å². The second-order valence-corrected chi connectivity index (χ2v) is 6.25. The van der Waals surface area contributed by atoms with Crippen LogP contribution in [0, 0.1) is 0 Å². The average molecular weight is 341 g/mol. The number of hydrogen-bond donors (Lipinski definition) is 3. The van der Waals surface area contributed by atoms with Crippen LogP contribution in [0.3, 0.4) is 0 Å². The Morgan fingerprint density at radius 1 is 1.36 bits per heavy atom. The number of rotatable bonds is 6. The summed E-state index contributed by atoms with van der Waals surface area (Å²) in [4.78, 5) is 23.4. The van der Waals surface area contributed by atoms with Crippen LogP contribution in [-0.4, -0.2) is 41.2 Å². The van der Waals surface area contributed by atoms with E-state index in [1.165, 1.54) is 0 Å². The first-order valence-corrected chi connectivity index (χ1v) is 8.56. The second-order valence-electron chi connectivity index (χ2n) is 6.25. The molecule has 0 aliphatic carbocycles. The summed E-state index contributed by atoms with van der Waals surface area (Å²) in [6.45, 7) is 2.40. The number of nitrogens with two attached hydrogens (primary N) is 1. The Morgan fingerprint density at radius 3 is 3.00 bits per heavy atom. The topological polar surface area (TPSA) is 102 Å². The maximum atomic E-state index is 12.2. The molecule has 0 radical (unpaired) electrons. The van der Waals surface area contributed by atoms with Crippen molar-refractivity contribution in [2.24, 2.45) is 5.73 Å². The molecule has 0 bridgehead atoms. The van der Waals surface area contributed by atoms with Gasteiger partial charge in [0, 0.05) is 24.8 Å². The SMILES string of the molecule is NC(=O)c1cccc(CCNC(=O)c2ccn(C3CCCNC3)n2)c1. The zero-order valence-electron chi connectivity index (χ0n) is 14.1. The van der Waals surface area contributed by atoms with Crippen molar-refractivity contribution in [1.82, 2.24) is 20.4 Å². The van der Waals surface area contributed by atoms with Gasteiger partial charge in [0.2, 0.25) is 5.91 Å². The fourth-order valence-corrected chi connectivity index (χ4v) is 3.01. The zero-order valence-corrected chi connectivity index (χ0v) is 14.1. The van der Waals surface area contributed by atoms with Crippen LogP contribution in [0.15, 0.2) is 36.5 Å².